The Labute approximate surface area is 297 Å². The van der Waals surface area contributed by atoms with Gasteiger partial charge in [0.1, 0.15) is 27.8 Å². The van der Waals surface area contributed by atoms with Gasteiger partial charge in [-0.2, -0.15) is 0 Å². The largest absolute Gasteiger partial charge is 0.456 e. The van der Waals surface area contributed by atoms with Crippen molar-refractivity contribution in [3.05, 3.63) is 170 Å². The van der Waals surface area contributed by atoms with E-state index in [2.05, 4.69) is 114 Å². The minimum Gasteiger partial charge on any atom is -0.456 e. The highest BCUT2D eigenvalue weighted by Gasteiger charge is 2.22. The van der Waals surface area contributed by atoms with E-state index in [1.54, 1.807) is 0 Å². The summed E-state index contributed by atoms with van der Waals surface area (Å²) >= 11 is 0. The third-order valence-corrected chi connectivity index (χ3v) is 10.1. The Kier molecular flexibility index (Phi) is 6.18. The number of para-hydroxylation sites is 3. The van der Waals surface area contributed by atoms with Crippen LogP contribution in [0.3, 0.4) is 0 Å². The highest BCUT2D eigenvalue weighted by molar-refractivity contribution is 6.15. The topological polar surface area (TPSA) is 55.6 Å². The van der Waals surface area contributed by atoms with Crippen molar-refractivity contribution in [2.24, 2.45) is 0 Å². The van der Waals surface area contributed by atoms with Crippen LogP contribution in [-0.4, -0.2) is 4.98 Å². The van der Waals surface area contributed by atoms with Crippen LogP contribution in [0.1, 0.15) is 0 Å². The molecular formula is C47H28N2O3. The normalized spacial score (nSPS) is 11.8. The highest BCUT2D eigenvalue weighted by Crippen LogP contribution is 2.45. The molecule has 0 amide bonds. The van der Waals surface area contributed by atoms with E-state index in [0.29, 0.717) is 5.89 Å². The van der Waals surface area contributed by atoms with Crippen LogP contribution in [0.15, 0.2) is 183 Å². The van der Waals surface area contributed by atoms with Crippen molar-refractivity contribution in [2.75, 3.05) is 4.90 Å². The third kappa shape index (κ3) is 4.46. The van der Waals surface area contributed by atoms with Gasteiger partial charge in [-0.3, -0.25) is 0 Å². The van der Waals surface area contributed by atoms with Crippen LogP contribution in [-0.2, 0) is 0 Å². The van der Waals surface area contributed by atoms with Crippen molar-refractivity contribution in [3.63, 3.8) is 0 Å². The number of hydrogen-bond donors (Lipinski definition) is 0. The molecule has 0 unspecified atom stereocenters. The Bertz CT molecular complexity index is 3120. The van der Waals surface area contributed by atoms with E-state index in [0.717, 1.165) is 83.0 Å². The summed E-state index contributed by atoms with van der Waals surface area (Å²) in [7, 11) is 0. The van der Waals surface area contributed by atoms with Crippen molar-refractivity contribution >= 4 is 82.8 Å². The molecule has 0 saturated heterocycles. The summed E-state index contributed by atoms with van der Waals surface area (Å²) in [5.74, 6) is 0.574. The molecule has 0 N–H and O–H groups in total. The predicted molar refractivity (Wildman–Crippen MR) is 212 cm³/mol. The van der Waals surface area contributed by atoms with Crippen LogP contribution in [0.25, 0.3) is 88.3 Å². The number of anilines is 3. The Morgan fingerprint density at radius 3 is 1.98 bits per heavy atom. The Hall–Kier alpha value is -7.11. The number of furan rings is 2. The molecule has 3 heterocycles. The molecule has 5 nitrogen and oxygen atoms in total. The van der Waals surface area contributed by atoms with Crippen molar-refractivity contribution in [2.45, 2.75) is 0 Å². The van der Waals surface area contributed by atoms with Crippen LogP contribution in [0, 0.1) is 0 Å². The molecule has 11 aromatic rings. The average Bonchev–Trinajstić information content (AvgIpc) is 3.91. The standard InChI is InChI=1S/C47H28N2O3/c1-2-10-29(11-3-1)30-20-21-32-27-33(23-22-31(32)26-30)49(39-15-9-19-43-46(39)35-12-4-6-16-40(35)50-43)34-24-25-36-44(28-34)51-42-18-8-13-37(45(36)42)47-48-38-14-5-7-17-41(38)52-47/h1-28H. The summed E-state index contributed by atoms with van der Waals surface area (Å²) in [5.41, 5.74) is 11.1. The first kappa shape index (κ1) is 28.7. The summed E-state index contributed by atoms with van der Waals surface area (Å²) in [5, 5.41) is 6.43. The average molecular weight is 669 g/mol. The summed E-state index contributed by atoms with van der Waals surface area (Å²) in [6.07, 6.45) is 0. The minimum absolute atomic E-state index is 0.574. The number of hydrogen-bond acceptors (Lipinski definition) is 5. The molecule has 0 aliphatic heterocycles. The molecule has 0 aliphatic rings. The van der Waals surface area contributed by atoms with Crippen LogP contribution < -0.4 is 4.90 Å². The molecule has 0 spiro atoms. The number of benzene rings is 8. The van der Waals surface area contributed by atoms with E-state index in [-0.39, 0.29) is 0 Å². The first-order chi connectivity index (χ1) is 25.7. The van der Waals surface area contributed by atoms with E-state index >= 15 is 0 Å². The van der Waals surface area contributed by atoms with Gasteiger partial charge in [0.25, 0.3) is 0 Å². The molecule has 0 fully saturated rings. The first-order valence-corrected chi connectivity index (χ1v) is 17.4. The lowest BCUT2D eigenvalue weighted by atomic mass is 10.0. The fraction of sp³-hybridized carbons (Fsp3) is 0. The van der Waals surface area contributed by atoms with Crippen LogP contribution in [0.4, 0.5) is 17.1 Å². The second kappa shape index (κ2) is 11.2. The molecule has 0 bridgehead atoms. The maximum absolute atomic E-state index is 6.60. The van der Waals surface area contributed by atoms with Gasteiger partial charge >= 0.3 is 0 Å². The number of oxazole rings is 1. The number of nitrogens with zero attached hydrogens (tertiary/aromatic N) is 2. The lowest BCUT2D eigenvalue weighted by Crippen LogP contribution is -2.10. The van der Waals surface area contributed by atoms with Crippen molar-refractivity contribution in [1.29, 1.82) is 0 Å². The fourth-order valence-electron chi connectivity index (χ4n) is 7.67. The van der Waals surface area contributed by atoms with Gasteiger partial charge in [-0.05, 0) is 94.7 Å². The molecular weight excluding hydrogens is 641 g/mol. The molecule has 244 valence electrons. The van der Waals surface area contributed by atoms with E-state index in [1.807, 2.05) is 60.7 Å². The second-order valence-corrected chi connectivity index (χ2v) is 13.1. The van der Waals surface area contributed by atoms with E-state index in [4.69, 9.17) is 18.2 Å². The van der Waals surface area contributed by atoms with Gasteiger partial charge in [0.05, 0.1) is 11.1 Å². The van der Waals surface area contributed by atoms with Crippen LogP contribution in [0.5, 0.6) is 0 Å². The van der Waals surface area contributed by atoms with E-state index in [9.17, 15) is 0 Å². The quantitative estimate of drug-likeness (QED) is 0.183. The first-order valence-electron chi connectivity index (χ1n) is 17.4. The minimum atomic E-state index is 0.574. The maximum Gasteiger partial charge on any atom is 0.228 e. The summed E-state index contributed by atoms with van der Waals surface area (Å²) < 4.78 is 19.2. The Balaban J connectivity index is 1.12. The summed E-state index contributed by atoms with van der Waals surface area (Å²) in [4.78, 5) is 7.12. The SMILES string of the molecule is c1ccc(-c2ccc3cc(N(c4ccc5c(c4)oc4cccc(-c6nc7ccccc7o6)c45)c4cccc5oc6ccccc6c45)ccc3c2)cc1. The number of aromatic nitrogens is 1. The molecule has 0 aliphatic carbocycles. The lowest BCUT2D eigenvalue weighted by molar-refractivity contribution is 0.620. The van der Waals surface area contributed by atoms with Crippen LogP contribution >= 0.6 is 0 Å². The number of fused-ring (bicyclic) bond motifs is 8. The van der Waals surface area contributed by atoms with Gasteiger partial charge in [0, 0.05) is 39.2 Å². The highest BCUT2D eigenvalue weighted by atomic mass is 16.4. The Morgan fingerprint density at radius 2 is 1.08 bits per heavy atom. The molecule has 0 saturated carbocycles. The monoisotopic (exact) mass is 668 g/mol. The zero-order valence-corrected chi connectivity index (χ0v) is 27.8. The van der Waals surface area contributed by atoms with Gasteiger partial charge < -0.3 is 18.2 Å². The molecule has 5 heteroatoms. The molecule has 0 atom stereocenters. The zero-order chi connectivity index (χ0) is 34.2. The summed E-state index contributed by atoms with van der Waals surface area (Å²) in [6, 6.07) is 58.7. The maximum atomic E-state index is 6.60. The smallest absolute Gasteiger partial charge is 0.228 e. The van der Waals surface area contributed by atoms with Crippen molar-refractivity contribution in [1.82, 2.24) is 4.98 Å². The van der Waals surface area contributed by atoms with Crippen molar-refractivity contribution in [3.8, 4) is 22.6 Å². The fourth-order valence-corrected chi connectivity index (χ4v) is 7.67. The number of rotatable bonds is 5. The zero-order valence-electron chi connectivity index (χ0n) is 27.8. The van der Waals surface area contributed by atoms with Crippen molar-refractivity contribution < 1.29 is 13.3 Å². The molecule has 52 heavy (non-hydrogen) atoms. The van der Waals surface area contributed by atoms with Gasteiger partial charge in [-0.15, -0.1) is 0 Å². The van der Waals surface area contributed by atoms with Gasteiger partial charge in [0.15, 0.2) is 5.58 Å². The predicted octanol–water partition coefficient (Wildman–Crippen LogP) is 13.6. The molecule has 11 rings (SSSR count). The van der Waals surface area contributed by atoms with E-state index in [1.165, 1.54) is 16.5 Å². The summed E-state index contributed by atoms with van der Waals surface area (Å²) in [6.45, 7) is 0. The van der Waals surface area contributed by atoms with Gasteiger partial charge in [0.2, 0.25) is 5.89 Å². The second-order valence-electron chi connectivity index (χ2n) is 13.1. The molecule has 8 aromatic carbocycles. The van der Waals surface area contributed by atoms with Gasteiger partial charge in [-0.1, -0.05) is 91.0 Å². The Morgan fingerprint density at radius 1 is 0.404 bits per heavy atom. The van der Waals surface area contributed by atoms with Gasteiger partial charge in [-0.25, -0.2) is 4.98 Å². The molecule has 3 aromatic heterocycles. The third-order valence-electron chi connectivity index (χ3n) is 10.1. The lowest BCUT2D eigenvalue weighted by Gasteiger charge is -2.26. The van der Waals surface area contributed by atoms with Crippen LogP contribution in [0.2, 0.25) is 0 Å². The van der Waals surface area contributed by atoms with E-state index < -0.39 is 0 Å². The molecule has 0 radical (unpaired) electrons.